The minimum Gasteiger partial charge on any atom is -0.147 e. The number of halogens is 2. The normalized spacial score (nSPS) is 18.2. The quantitative estimate of drug-likeness (QED) is 0.245. The Labute approximate surface area is 252 Å². The maximum absolute atomic E-state index is 3.59. The molecule has 0 fully saturated rings. The van der Waals surface area contributed by atoms with E-state index in [-0.39, 0.29) is 24.8 Å². The standard InChI is InChI=1S/C17H15.C16H21.2CH3.2ClH.H2Si.Zr/c1-12-10-16-13(2)8-9-15(17(16)11-12)14-6-4-3-5-7-14;1-9(2)14-7-15-12(5)10(3)11(4)13(6)16(15)8-14;;;;;;/h3-11H,1-2H3;7-9H,1-6H3;2*1H3;2*1H;1H2;. The summed E-state index contributed by atoms with van der Waals surface area (Å²) in [4.78, 5) is 0. The van der Waals surface area contributed by atoms with Crippen LogP contribution in [0.4, 0.5) is 0 Å². The molecule has 0 N–H and O–H groups in total. The average Bonchev–Trinajstić information content (AvgIpc) is 3.43. The average molecular weight is 657 g/mol. The van der Waals surface area contributed by atoms with E-state index in [4.69, 9.17) is 0 Å². The summed E-state index contributed by atoms with van der Waals surface area (Å²) in [6, 6.07) is 15.7. The van der Waals surface area contributed by atoms with Crippen molar-refractivity contribution in [2.24, 2.45) is 5.92 Å². The van der Waals surface area contributed by atoms with Crippen LogP contribution in [-0.4, -0.2) is 6.88 Å². The van der Waals surface area contributed by atoms with Crippen LogP contribution in [0.1, 0.15) is 78.1 Å². The van der Waals surface area contributed by atoms with Gasteiger partial charge in [0.15, 0.2) is 0 Å². The van der Waals surface area contributed by atoms with Crippen molar-refractivity contribution in [2.45, 2.75) is 71.9 Å². The summed E-state index contributed by atoms with van der Waals surface area (Å²) in [7, 11) is 0. The number of hydrogen-bond acceptors (Lipinski definition) is 0. The summed E-state index contributed by atoms with van der Waals surface area (Å²) >= 11 is -3.59. The fraction of sp³-hybridized carbons (Fsp3) is 0.371. The molecule has 3 aromatic carbocycles. The van der Waals surface area contributed by atoms with E-state index in [0.29, 0.717) is 13.2 Å². The molecule has 2 aliphatic carbocycles. The largest absolute Gasteiger partial charge is 0.147 e. The molecule has 0 bridgehead atoms. The number of hydrogen-bond donors (Lipinski definition) is 0. The molecular weight excluding hydrogens is 611 g/mol. The third-order valence-electron chi connectivity index (χ3n) is 9.99. The summed E-state index contributed by atoms with van der Waals surface area (Å²) < 4.78 is 6.70. The molecule has 0 aromatic heterocycles. The Morgan fingerprint density at radius 2 is 1.26 bits per heavy atom. The fourth-order valence-corrected chi connectivity index (χ4v) is 28.6. The maximum Gasteiger partial charge on any atom is -0.147 e. The molecule has 208 valence electrons. The van der Waals surface area contributed by atoms with Gasteiger partial charge in [0.1, 0.15) is 0 Å². The number of benzene rings is 3. The predicted molar refractivity (Wildman–Crippen MR) is 179 cm³/mol. The monoisotopic (exact) mass is 654 g/mol. The Bertz CT molecular complexity index is 1590. The van der Waals surface area contributed by atoms with Gasteiger partial charge >= 0.3 is 229 Å². The maximum atomic E-state index is 2.78. The van der Waals surface area contributed by atoms with Crippen molar-refractivity contribution >= 4 is 43.8 Å². The zero-order valence-corrected chi connectivity index (χ0v) is 31.0. The molecule has 3 aromatic rings. The first kappa shape index (κ1) is 32.3. The van der Waals surface area contributed by atoms with E-state index in [1.807, 2.05) is 0 Å². The van der Waals surface area contributed by atoms with Crippen LogP contribution in [0.3, 0.4) is 0 Å². The van der Waals surface area contributed by atoms with E-state index in [1.165, 1.54) is 38.9 Å². The summed E-state index contributed by atoms with van der Waals surface area (Å²) in [6.45, 7) is 21.5. The van der Waals surface area contributed by atoms with Gasteiger partial charge in [-0.1, -0.05) is 0 Å². The van der Waals surface area contributed by atoms with Crippen LogP contribution in [0.5, 0.6) is 0 Å². The van der Waals surface area contributed by atoms with Crippen molar-refractivity contribution in [3.05, 3.63) is 104 Å². The molecule has 0 saturated heterocycles. The Morgan fingerprint density at radius 1 is 0.667 bits per heavy atom. The number of fused-ring (bicyclic) bond motifs is 2. The molecule has 2 unspecified atom stereocenters. The number of rotatable bonds is 4. The van der Waals surface area contributed by atoms with Crippen molar-refractivity contribution in [1.29, 1.82) is 0 Å². The first-order valence-electron chi connectivity index (χ1n) is 14.0. The van der Waals surface area contributed by atoms with Crippen molar-refractivity contribution in [3.8, 4) is 11.1 Å². The molecule has 0 spiro atoms. The van der Waals surface area contributed by atoms with E-state index >= 15 is 0 Å². The van der Waals surface area contributed by atoms with Crippen molar-refractivity contribution in [3.63, 3.8) is 0 Å². The molecule has 0 heterocycles. The molecule has 0 radical (unpaired) electrons. The van der Waals surface area contributed by atoms with Crippen LogP contribution in [0.2, 0.25) is 9.26 Å². The van der Waals surface area contributed by atoms with E-state index in [9.17, 15) is 0 Å². The van der Waals surface area contributed by atoms with Crippen molar-refractivity contribution in [2.75, 3.05) is 0 Å². The minimum atomic E-state index is -3.59. The SMILES string of the molecule is CC1=Cc2c(-c3ccccc3)ccc(C)c2[CH]1[Zr]([CH3])([CH3])(=[SiH2])[CH]1C(C(C)C)=Cc2c(C)c(C)c(C)c(C)c21.Cl.Cl. The van der Waals surface area contributed by atoms with Gasteiger partial charge in [0.05, 0.1) is 0 Å². The topological polar surface area (TPSA) is 0 Å². The molecular formula is C35H46Cl2SiZr. The minimum absolute atomic E-state index is 0. The van der Waals surface area contributed by atoms with Crippen LogP contribution in [0.25, 0.3) is 23.3 Å². The summed E-state index contributed by atoms with van der Waals surface area (Å²) in [6.07, 6.45) is 5.17. The molecule has 0 saturated carbocycles. The third kappa shape index (κ3) is 4.86. The van der Waals surface area contributed by atoms with Crippen molar-refractivity contribution in [1.82, 2.24) is 0 Å². The van der Waals surface area contributed by atoms with Gasteiger partial charge in [0.2, 0.25) is 0 Å². The molecule has 2 atom stereocenters. The summed E-state index contributed by atoms with van der Waals surface area (Å²) in [5, 5.41) is 0. The zero-order chi connectivity index (χ0) is 27.0. The summed E-state index contributed by atoms with van der Waals surface area (Å²) in [5.41, 5.74) is 19.8. The third-order valence-corrected chi connectivity index (χ3v) is 27.5. The van der Waals surface area contributed by atoms with E-state index in [2.05, 4.69) is 126 Å². The first-order valence-corrected chi connectivity index (χ1v) is 27.7. The second-order valence-corrected chi connectivity index (χ2v) is 43.9. The van der Waals surface area contributed by atoms with Crippen LogP contribution < -0.4 is 0 Å². The predicted octanol–water partition coefficient (Wildman–Crippen LogP) is 10.3. The smallest absolute Gasteiger partial charge is 0.147 e. The van der Waals surface area contributed by atoms with Crippen LogP contribution in [0.15, 0.2) is 53.6 Å². The van der Waals surface area contributed by atoms with Gasteiger partial charge in [-0.2, -0.15) is 0 Å². The number of aryl methyl sites for hydroxylation is 1. The molecule has 0 nitrogen and oxygen atoms in total. The van der Waals surface area contributed by atoms with Gasteiger partial charge in [0.25, 0.3) is 0 Å². The van der Waals surface area contributed by atoms with Gasteiger partial charge in [-0.15, -0.1) is 24.8 Å². The van der Waals surface area contributed by atoms with E-state index < -0.39 is 17.4 Å². The fourth-order valence-electron chi connectivity index (χ4n) is 7.95. The van der Waals surface area contributed by atoms with Crippen LogP contribution in [-0.2, 0) is 17.4 Å². The van der Waals surface area contributed by atoms with Crippen molar-refractivity contribution < 1.29 is 17.4 Å². The molecule has 4 heteroatoms. The molecule has 5 rings (SSSR count). The van der Waals surface area contributed by atoms with E-state index in [0.717, 1.165) is 0 Å². The van der Waals surface area contributed by atoms with Crippen LogP contribution in [0, 0.1) is 40.5 Å². The van der Waals surface area contributed by atoms with E-state index in [1.54, 1.807) is 33.4 Å². The van der Waals surface area contributed by atoms with Gasteiger partial charge in [-0.25, -0.2) is 0 Å². The Hall–Kier alpha value is -1.18. The number of allylic oxidation sites excluding steroid dienone is 2. The second-order valence-electron chi connectivity index (χ2n) is 13.4. The Kier molecular flexibility index (Phi) is 9.04. The van der Waals surface area contributed by atoms with Gasteiger partial charge in [-0.05, 0) is 0 Å². The Balaban J connectivity index is 0.00000210. The van der Waals surface area contributed by atoms with Crippen LogP contribution >= 0.6 is 24.8 Å². The molecule has 2 aliphatic rings. The molecule has 0 amide bonds. The first-order chi connectivity index (χ1) is 17.2. The Morgan fingerprint density at radius 3 is 1.85 bits per heavy atom. The van der Waals surface area contributed by atoms with Gasteiger partial charge in [0, 0.05) is 0 Å². The summed E-state index contributed by atoms with van der Waals surface area (Å²) in [5.74, 6) is 0.552. The zero-order valence-electron chi connectivity index (χ0n) is 25.5. The second kappa shape index (κ2) is 10.9. The van der Waals surface area contributed by atoms with Gasteiger partial charge < -0.3 is 0 Å². The van der Waals surface area contributed by atoms with Gasteiger partial charge in [-0.3, -0.25) is 0 Å². The molecule has 39 heavy (non-hydrogen) atoms. The molecule has 0 aliphatic heterocycles.